The highest BCUT2D eigenvalue weighted by atomic mass is 14.7. The molecule has 0 bridgehead atoms. The molecule has 1 aromatic heterocycles. The van der Waals surface area contributed by atoms with Gasteiger partial charge >= 0.3 is 0 Å². The van der Waals surface area contributed by atoms with E-state index in [1.165, 1.54) is 16.3 Å². The van der Waals surface area contributed by atoms with Crippen LogP contribution in [0, 0.1) is 6.92 Å². The third-order valence-corrected chi connectivity index (χ3v) is 2.53. The number of pyridine rings is 1. The highest BCUT2D eigenvalue weighted by molar-refractivity contribution is 5.87. The van der Waals surface area contributed by atoms with Crippen LogP contribution in [0.2, 0.25) is 0 Å². The summed E-state index contributed by atoms with van der Waals surface area (Å²) in [5, 5.41) is 2.41. The second-order valence-electron chi connectivity index (χ2n) is 3.63. The zero-order valence-electron chi connectivity index (χ0n) is 8.49. The van der Waals surface area contributed by atoms with Crippen molar-refractivity contribution >= 4 is 10.8 Å². The number of hydrogen-bond acceptors (Lipinski definition) is 2. The van der Waals surface area contributed by atoms with Crippen molar-refractivity contribution in [1.82, 2.24) is 4.98 Å². The first kappa shape index (κ1) is 9.16. The molecule has 2 nitrogen and oxygen atoms in total. The van der Waals surface area contributed by atoms with Crippen LogP contribution in [-0.4, -0.2) is 4.98 Å². The van der Waals surface area contributed by atoms with Gasteiger partial charge in [0.15, 0.2) is 0 Å². The van der Waals surface area contributed by atoms with E-state index in [0.717, 1.165) is 5.69 Å². The van der Waals surface area contributed by atoms with Crippen LogP contribution in [0.15, 0.2) is 30.5 Å². The molecule has 0 saturated carbocycles. The summed E-state index contributed by atoms with van der Waals surface area (Å²) >= 11 is 0. The van der Waals surface area contributed by atoms with Gasteiger partial charge in [-0.15, -0.1) is 0 Å². The molecule has 0 amide bonds. The summed E-state index contributed by atoms with van der Waals surface area (Å²) in [7, 11) is 0. The largest absolute Gasteiger partial charge is 0.324 e. The van der Waals surface area contributed by atoms with Crippen molar-refractivity contribution in [2.75, 3.05) is 0 Å². The topological polar surface area (TPSA) is 38.9 Å². The molecule has 0 radical (unpaired) electrons. The predicted octanol–water partition coefficient (Wildman–Crippen LogP) is 2.56. The summed E-state index contributed by atoms with van der Waals surface area (Å²) in [6, 6.07) is 8.30. The summed E-state index contributed by atoms with van der Waals surface area (Å²) in [4.78, 5) is 4.27. The monoisotopic (exact) mass is 186 g/mol. The molecule has 0 aliphatic heterocycles. The minimum atomic E-state index is 0.0699. The molecule has 2 rings (SSSR count). The Hall–Kier alpha value is -1.41. The number of hydrogen-bond donors (Lipinski definition) is 1. The van der Waals surface area contributed by atoms with E-state index in [1.54, 1.807) is 0 Å². The molecule has 2 aromatic rings. The number of nitrogens with two attached hydrogens (primary N) is 1. The maximum Gasteiger partial charge on any atom is 0.0451 e. The molecule has 1 heterocycles. The third kappa shape index (κ3) is 1.38. The molecule has 0 aliphatic rings. The van der Waals surface area contributed by atoms with Crippen LogP contribution >= 0.6 is 0 Å². The van der Waals surface area contributed by atoms with Crippen molar-refractivity contribution in [3.8, 4) is 0 Å². The van der Waals surface area contributed by atoms with Crippen molar-refractivity contribution < 1.29 is 0 Å². The van der Waals surface area contributed by atoms with Crippen molar-refractivity contribution in [2.24, 2.45) is 5.73 Å². The summed E-state index contributed by atoms with van der Waals surface area (Å²) in [5.41, 5.74) is 8.16. The van der Waals surface area contributed by atoms with Crippen LogP contribution in [0.5, 0.6) is 0 Å². The third-order valence-electron chi connectivity index (χ3n) is 2.53. The molecule has 1 aromatic carbocycles. The number of aromatic nitrogens is 1. The van der Waals surface area contributed by atoms with Gasteiger partial charge in [-0.25, -0.2) is 0 Å². The van der Waals surface area contributed by atoms with Gasteiger partial charge < -0.3 is 5.73 Å². The quantitative estimate of drug-likeness (QED) is 0.743. The fourth-order valence-corrected chi connectivity index (χ4v) is 1.77. The highest BCUT2D eigenvalue weighted by Crippen LogP contribution is 2.23. The van der Waals surface area contributed by atoms with E-state index in [4.69, 9.17) is 5.73 Å². The second-order valence-corrected chi connectivity index (χ2v) is 3.63. The molecule has 72 valence electrons. The Kier molecular flexibility index (Phi) is 2.22. The first-order valence-corrected chi connectivity index (χ1v) is 4.80. The van der Waals surface area contributed by atoms with Crippen molar-refractivity contribution in [1.29, 1.82) is 0 Å². The Morgan fingerprint density at radius 1 is 1.21 bits per heavy atom. The highest BCUT2D eigenvalue weighted by Gasteiger charge is 2.05. The second kappa shape index (κ2) is 3.39. The molecule has 2 heteroatoms. The lowest BCUT2D eigenvalue weighted by molar-refractivity contribution is 0.826. The van der Waals surface area contributed by atoms with Crippen LogP contribution in [0.3, 0.4) is 0 Å². The molecule has 0 aliphatic carbocycles. The fraction of sp³-hybridized carbons (Fsp3) is 0.250. The smallest absolute Gasteiger partial charge is 0.0451 e. The van der Waals surface area contributed by atoms with Gasteiger partial charge in [-0.2, -0.15) is 0 Å². The summed E-state index contributed by atoms with van der Waals surface area (Å²) in [5.74, 6) is 0. The number of fused-ring (bicyclic) bond motifs is 1. The van der Waals surface area contributed by atoms with E-state index < -0.39 is 0 Å². The molecule has 0 saturated heterocycles. The first-order valence-electron chi connectivity index (χ1n) is 4.80. The average Bonchev–Trinajstić information content (AvgIpc) is 2.17. The van der Waals surface area contributed by atoms with Gasteiger partial charge in [0.1, 0.15) is 0 Å². The van der Waals surface area contributed by atoms with E-state index in [-0.39, 0.29) is 6.04 Å². The minimum Gasteiger partial charge on any atom is -0.324 e. The van der Waals surface area contributed by atoms with Gasteiger partial charge in [0.05, 0.1) is 0 Å². The van der Waals surface area contributed by atoms with Gasteiger partial charge in [-0.3, -0.25) is 4.98 Å². The minimum absolute atomic E-state index is 0.0699. The molecule has 1 unspecified atom stereocenters. The van der Waals surface area contributed by atoms with E-state index >= 15 is 0 Å². The number of nitrogens with zero attached hydrogens (tertiary/aromatic N) is 1. The summed E-state index contributed by atoms with van der Waals surface area (Å²) in [6.45, 7) is 4.03. The lowest BCUT2D eigenvalue weighted by Crippen LogP contribution is -2.05. The van der Waals surface area contributed by atoms with Crippen LogP contribution in [0.25, 0.3) is 10.8 Å². The Labute approximate surface area is 83.8 Å². The lowest BCUT2D eigenvalue weighted by atomic mass is 10.0. The van der Waals surface area contributed by atoms with Crippen molar-refractivity contribution in [3.63, 3.8) is 0 Å². The maximum atomic E-state index is 5.91. The Balaban J connectivity index is 2.81. The van der Waals surface area contributed by atoms with E-state index in [9.17, 15) is 0 Å². The van der Waals surface area contributed by atoms with Crippen molar-refractivity contribution in [3.05, 3.63) is 41.7 Å². The summed E-state index contributed by atoms with van der Waals surface area (Å²) in [6.07, 6.45) is 1.84. The number of benzene rings is 1. The maximum absolute atomic E-state index is 5.91. The molecule has 1 atom stereocenters. The first-order chi connectivity index (χ1) is 6.70. The Bertz CT molecular complexity index is 461. The fourth-order valence-electron chi connectivity index (χ4n) is 1.77. The van der Waals surface area contributed by atoms with Crippen LogP contribution in [-0.2, 0) is 0 Å². The molecular formula is C12H14N2. The average molecular weight is 186 g/mol. The molecule has 2 N–H and O–H groups in total. The number of rotatable bonds is 1. The number of aryl methyl sites for hydroxylation is 1. The van der Waals surface area contributed by atoms with Crippen LogP contribution in [0.1, 0.15) is 24.2 Å². The van der Waals surface area contributed by atoms with E-state index in [0.29, 0.717) is 0 Å². The SMILES string of the molecule is Cc1nccc2c(C(C)N)cccc12. The van der Waals surface area contributed by atoms with Crippen LogP contribution in [0.4, 0.5) is 0 Å². The van der Waals surface area contributed by atoms with E-state index in [2.05, 4.69) is 17.1 Å². The zero-order valence-corrected chi connectivity index (χ0v) is 8.49. The van der Waals surface area contributed by atoms with Crippen molar-refractivity contribution in [2.45, 2.75) is 19.9 Å². The predicted molar refractivity (Wildman–Crippen MR) is 59.1 cm³/mol. The Morgan fingerprint density at radius 2 is 2.00 bits per heavy atom. The molecule has 14 heavy (non-hydrogen) atoms. The van der Waals surface area contributed by atoms with E-state index in [1.807, 2.05) is 32.2 Å². The normalized spacial score (nSPS) is 13.1. The molecule has 0 fully saturated rings. The van der Waals surface area contributed by atoms with Gasteiger partial charge in [0.25, 0.3) is 0 Å². The van der Waals surface area contributed by atoms with Crippen LogP contribution < -0.4 is 5.73 Å². The zero-order chi connectivity index (χ0) is 10.1. The Morgan fingerprint density at radius 3 is 2.71 bits per heavy atom. The lowest BCUT2D eigenvalue weighted by Gasteiger charge is -2.10. The van der Waals surface area contributed by atoms with Gasteiger partial charge in [0.2, 0.25) is 0 Å². The summed E-state index contributed by atoms with van der Waals surface area (Å²) < 4.78 is 0. The van der Waals surface area contributed by atoms with Gasteiger partial charge in [0, 0.05) is 23.3 Å². The molecular weight excluding hydrogens is 172 g/mol. The standard InChI is InChI=1S/C12H14N2/c1-8(13)10-4-3-5-11-9(2)14-7-6-12(10)11/h3-8H,13H2,1-2H3. The van der Waals surface area contributed by atoms with Gasteiger partial charge in [-0.05, 0) is 30.9 Å². The van der Waals surface area contributed by atoms with Gasteiger partial charge in [-0.1, -0.05) is 18.2 Å². The molecule has 0 spiro atoms.